The van der Waals surface area contributed by atoms with Crippen LogP contribution in [0.5, 0.6) is 0 Å². The standard InChI is InChI=1S/C16H23NO3/c1-19-16(18)15(14-5-3-2-4-6-14)11-17-9-10-20-12-13-7-8-13/h2-6,13,15,17H,7-12H2,1H3. The van der Waals surface area contributed by atoms with Crippen molar-refractivity contribution in [1.29, 1.82) is 0 Å². The summed E-state index contributed by atoms with van der Waals surface area (Å²) in [7, 11) is 1.43. The molecule has 0 bridgehead atoms. The predicted octanol–water partition coefficient (Wildman–Crippen LogP) is 1.96. The van der Waals surface area contributed by atoms with E-state index in [-0.39, 0.29) is 11.9 Å². The van der Waals surface area contributed by atoms with Gasteiger partial charge in [-0.05, 0) is 24.3 Å². The van der Waals surface area contributed by atoms with Gasteiger partial charge in [-0.3, -0.25) is 4.79 Å². The molecule has 1 aromatic rings. The zero-order chi connectivity index (χ0) is 14.2. The molecule has 1 aliphatic carbocycles. The van der Waals surface area contributed by atoms with E-state index >= 15 is 0 Å². The van der Waals surface area contributed by atoms with Crippen molar-refractivity contribution in [3.8, 4) is 0 Å². The molecule has 1 aliphatic rings. The van der Waals surface area contributed by atoms with Crippen LogP contribution in [0.25, 0.3) is 0 Å². The highest BCUT2D eigenvalue weighted by Gasteiger charge is 2.22. The number of carbonyl (C=O) groups excluding carboxylic acids is 1. The van der Waals surface area contributed by atoms with E-state index < -0.39 is 0 Å². The van der Waals surface area contributed by atoms with E-state index in [1.54, 1.807) is 0 Å². The molecule has 0 aliphatic heterocycles. The number of carbonyl (C=O) groups is 1. The summed E-state index contributed by atoms with van der Waals surface area (Å²) in [5.74, 6) is 0.328. The molecule has 1 saturated carbocycles. The Morgan fingerprint density at radius 3 is 2.75 bits per heavy atom. The molecular weight excluding hydrogens is 254 g/mol. The van der Waals surface area contributed by atoms with Crippen molar-refractivity contribution in [1.82, 2.24) is 5.32 Å². The van der Waals surface area contributed by atoms with Crippen molar-refractivity contribution >= 4 is 5.97 Å². The quantitative estimate of drug-likeness (QED) is 0.554. The van der Waals surface area contributed by atoms with Gasteiger partial charge in [-0.15, -0.1) is 0 Å². The minimum absolute atomic E-state index is 0.206. The van der Waals surface area contributed by atoms with Gasteiger partial charge in [0, 0.05) is 19.7 Å². The van der Waals surface area contributed by atoms with E-state index in [0.29, 0.717) is 13.2 Å². The lowest BCUT2D eigenvalue weighted by Gasteiger charge is -2.16. The molecular formula is C16H23NO3. The summed E-state index contributed by atoms with van der Waals surface area (Å²) in [6.07, 6.45) is 2.62. The van der Waals surface area contributed by atoms with Gasteiger partial charge in [0.2, 0.25) is 0 Å². The lowest BCUT2D eigenvalue weighted by Crippen LogP contribution is -2.30. The van der Waals surface area contributed by atoms with Gasteiger partial charge >= 0.3 is 5.97 Å². The average Bonchev–Trinajstić information content (AvgIpc) is 3.31. The molecule has 1 aromatic carbocycles. The van der Waals surface area contributed by atoms with Crippen LogP contribution in [0, 0.1) is 5.92 Å². The van der Waals surface area contributed by atoms with Gasteiger partial charge in [0.15, 0.2) is 0 Å². The van der Waals surface area contributed by atoms with Gasteiger partial charge < -0.3 is 14.8 Å². The number of rotatable bonds is 9. The zero-order valence-electron chi connectivity index (χ0n) is 12.0. The van der Waals surface area contributed by atoms with Crippen LogP contribution in [0.1, 0.15) is 24.3 Å². The number of esters is 1. The summed E-state index contributed by atoms with van der Waals surface area (Å²) in [4.78, 5) is 11.8. The molecule has 110 valence electrons. The summed E-state index contributed by atoms with van der Waals surface area (Å²) in [6, 6.07) is 9.71. The molecule has 0 heterocycles. The van der Waals surface area contributed by atoms with Crippen LogP contribution >= 0.6 is 0 Å². The monoisotopic (exact) mass is 277 g/mol. The summed E-state index contributed by atoms with van der Waals surface area (Å²) < 4.78 is 10.4. The molecule has 2 rings (SSSR count). The summed E-state index contributed by atoms with van der Waals surface area (Å²) in [6.45, 7) is 2.90. The van der Waals surface area contributed by atoms with Crippen LogP contribution in [-0.4, -0.2) is 39.4 Å². The Bertz CT molecular complexity index is 403. The van der Waals surface area contributed by atoms with Gasteiger partial charge in [-0.25, -0.2) is 0 Å². The summed E-state index contributed by atoms with van der Waals surface area (Å²) >= 11 is 0. The van der Waals surface area contributed by atoms with Crippen molar-refractivity contribution in [3.63, 3.8) is 0 Å². The molecule has 1 unspecified atom stereocenters. The first-order valence-electron chi connectivity index (χ1n) is 7.22. The highest BCUT2D eigenvalue weighted by Crippen LogP contribution is 2.28. The van der Waals surface area contributed by atoms with Gasteiger partial charge in [0.05, 0.1) is 19.6 Å². The Morgan fingerprint density at radius 2 is 2.10 bits per heavy atom. The molecule has 4 nitrogen and oxygen atoms in total. The normalized spacial score (nSPS) is 15.8. The second kappa shape index (κ2) is 8.02. The maximum absolute atomic E-state index is 11.8. The highest BCUT2D eigenvalue weighted by molar-refractivity contribution is 5.78. The smallest absolute Gasteiger partial charge is 0.314 e. The van der Waals surface area contributed by atoms with Crippen LogP contribution in [0.4, 0.5) is 0 Å². The van der Waals surface area contributed by atoms with E-state index in [2.05, 4.69) is 5.32 Å². The van der Waals surface area contributed by atoms with E-state index in [1.165, 1.54) is 20.0 Å². The van der Waals surface area contributed by atoms with Gasteiger partial charge in [0.25, 0.3) is 0 Å². The zero-order valence-corrected chi connectivity index (χ0v) is 12.0. The van der Waals surface area contributed by atoms with E-state index in [9.17, 15) is 4.79 Å². The Kier molecular flexibility index (Phi) is 6.02. The minimum atomic E-state index is -0.260. The molecule has 0 saturated heterocycles. The van der Waals surface area contributed by atoms with Crippen molar-refractivity contribution in [3.05, 3.63) is 35.9 Å². The first kappa shape index (κ1) is 15.0. The van der Waals surface area contributed by atoms with Crippen molar-refractivity contribution in [2.24, 2.45) is 5.92 Å². The molecule has 0 amide bonds. The fourth-order valence-corrected chi connectivity index (χ4v) is 2.09. The maximum atomic E-state index is 11.8. The third-order valence-corrected chi connectivity index (χ3v) is 3.51. The Hall–Kier alpha value is -1.39. The third kappa shape index (κ3) is 4.94. The van der Waals surface area contributed by atoms with E-state index in [1.807, 2.05) is 30.3 Å². The van der Waals surface area contributed by atoms with Crippen molar-refractivity contribution < 1.29 is 14.3 Å². The fraction of sp³-hybridized carbons (Fsp3) is 0.562. The third-order valence-electron chi connectivity index (χ3n) is 3.51. The Balaban J connectivity index is 1.71. The second-order valence-corrected chi connectivity index (χ2v) is 5.21. The van der Waals surface area contributed by atoms with Crippen LogP contribution in [0.15, 0.2) is 30.3 Å². The number of hydrogen-bond donors (Lipinski definition) is 1. The van der Waals surface area contributed by atoms with Crippen molar-refractivity contribution in [2.45, 2.75) is 18.8 Å². The lowest BCUT2D eigenvalue weighted by atomic mass is 9.99. The Morgan fingerprint density at radius 1 is 1.35 bits per heavy atom. The van der Waals surface area contributed by atoms with Crippen LogP contribution < -0.4 is 5.32 Å². The number of ether oxygens (including phenoxy) is 2. The van der Waals surface area contributed by atoms with Crippen LogP contribution in [0.2, 0.25) is 0 Å². The molecule has 20 heavy (non-hydrogen) atoms. The summed E-state index contributed by atoms with van der Waals surface area (Å²) in [5.41, 5.74) is 0.978. The molecule has 0 radical (unpaired) electrons. The first-order chi connectivity index (χ1) is 9.81. The van der Waals surface area contributed by atoms with Crippen molar-refractivity contribution in [2.75, 3.05) is 33.4 Å². The Labute approximate surface area is 120 Å². The molecule has 0 aromatic heterocycles. The number of methoxy groups -OCH3 is 1. The number of nitrogens with one attached hydrogen (secondary N) is 1. The average molecular weight is 277 g/mol. The molecule has 1 fully saturated rings. The second-order valence-electron chi connectivity index (χ2n) is 5.21. The number of hydrogen-bond acceptors (Lipinski definition) is 4. The van der Waals surface area contributed by atoms with Crippen LogP contribution in [0.3, 0.4) is 0 Å². The van der Waals surface area contributed by atoms with Crippen LogP contribution in [-0.2, 0) is 14.3 Å². The van der Waals surface area contributed by atoms with E-state index in [4.69, 9.17) is 9.47 Å². The molecule has 1 atom stereocenters. The topological polar surface area (TPSA) is 47.6 Å². The SMILES string of the molecule is COC(=O)C(CNCCOCC1CC1)c1ccccc1. The molecule has 1 N–H and O–H groups in total. The molecule has 4 heteroatoms. The summed E-state index contributed by atoms with van der Waals surface area (Å²) in [5, 5.41) is 3.27. The fourth-order valence-electron chi connectivity index (χ4n) is 2.09. The lowest BCUT2D eigenvalue weighted by molar-refractivity contribution is -0.142. The van der Waals surface area contributed by atoms with Gasteiger partial charge in [0.1, 0.15) is 0 Å². The predicted molar refractivity (Wildman–Crippen MR) is 77.6 cm³/mol. The number of benzene rings is 1. The largest absolute Gasteiger partial charge is 0.469 e. The maximum Gasteiger partial charge on any atom is 0.314 e. The molecule has 0 spiro atoms. The van der Waals surface area contributed by atoms with E-state index in [0.717, 1.165) is 24.6 Å². The minimum Gasteiger partial charge on any atom is -0.469 e. The highest BCUT2D eigenvalue weighted by atomic mass is 16.5. The van der Waals surface area contributed by atoms with Gasteiger partial charge in [-0.2, -0.15) is 0 Å². The van der Waals surface area contributed by atoms with Gasteiger partial charge in [-0.1, -0.05) is 30.3 Å². The first-order valence-corrected chi connectivity index (χ1v) is 7.22.